The summed E-state index contributed by atoms with van der Waals surface area (Å²) in [5, 5.41) is 4.86. The predicted molar refractivity (Wildman–Crippen MR) is 116 cm³/mol. The first-order valence-electron chi connectivity index (χ1n) is 8.61. The third kappa shape index (κ3) is 4.46. The van der Waals surface area contributed by atoms with Crippen molar-refractivity contribution in [3.05, 3.63) is 77.0 Å². The highest BCUT2D eigenvalue weighted by atomic mass is 35.5. The van der Waals surface area contributed by atoms with Crippen LogP contribution in [0.2, 0.25) is 5.02 Å². The lowest BCUT2D eigenvalue weighted by Gasteiger charge is -2.02. The van der Waals surface area contributed by atoms with Crippen LogP contribution in [-0.2, 0) is 11.5 Å². The molecule has 142 valence electrons. The molecule has 4 rings (SSSR count). The van der Waals surface area contributed by atoms with Gasteiger partial charge in [-0.1, -0.05) is 35.0 Å². The van der Waals surface area contributed by atoms with E-state index in [-0.39, 0.29) is 0 Å². The van der Waals surface area contributed by atoms with E-state index in [2.05, 4.69) is 10.1 Å². The van der Waals surface area contributed by atoms with Crippen molar-refractivity contribution in [3.63, 3.8) is 0 Å². The first-order chi connectivity index (χ1) is 13.7. The molecule has 0 unspecified atom stereocenters. The van der Waals surface area contributed by atoms with E-state index < -0.39 is 0 Å². The number of furan rings is 1. The maximum Gasteiger partial charge on any atom is 0.293 e. The van der Waals surface area contributed by atoms with Crippen LogP contribution in [0.1, 0.15) is 11.3 Å². The zero-order chi connectivity index (χ0) is 19.3. The van der Waals surface area contributed by atoms with E-state index in [1.165, 1.54) is 4.90 Å². The number of hydrogen-bond donors (Lipinski definition) is 0. The molecule has 28 heavy (non-hydrogen) atoms. The standard InChI is InChI=1S/C21H17ClN2O2S2/c1-27-17-9-6-14(7-10-17)20-23-21(26-24-20)19-11-8-16(25-19)13-28-12-15-4-2-3-5-18(15)22/h2-11H,12-13H2,1H3. The summed E-state index contributed by atoms with van der Waals surface area (Å²) in [6.07, 6.45) is 2.04. The van der Waals surface area contributed by atoms with Gasteiger partial charge >= 0.3 is 0 Å². The highest BCUT2D eigenvalue weighted by Gasteiger charge is 2.14. The highest BCUT2D eigenvalue weighted by Crippen LogP contribution is 2.28. The van der Waals surface area contributed by atoms with Crippen molar-refractivity contribution in [3.8, 4) is 23.0 Å². The lowest BCUT2D eigenvalue weighted by atomic mass is 10.2. The molecule has 4 aromatic rings. The van der Waals surface area contributed by atoms with Gasteiger partial charge in [0.25, 0.3) is 5.89 Å². The third-order valence-corrected chi connectivity index (χ3v) is 6.22. The first kappa shape index (κ1) is 19.2. The Morgan fingerprint density at radius 1 is 0.964 bits per heavy atom. The summed E-state index contributed by atoms with van der Waals surface area (Å²) in [7, 11) is 0. The number of benzene rings is 2. The van der Waals surface area contributed by atoms with Crippen molar-refractivity contribution in [2.75, 3.05) is 6.26 Å². The number of halogens is 1. The Morgan fingerprint density at radius 3 is 2.57 bits per heavy atom. The van der Waals surface area contributed by atoms with Crippen molar-refractivity contribution >= 4 is 35.1 Å². The largest absolute Gasteiger partial charge is 0.455 e. The van der Waals surface area contributed by atoms with Gasteiger partial charge in [0, 0.05) is 21.2 Å². The monoisotopic (exact) mass is 428 g/mol. The molecule has 0 saturated carbocycles. The van der Waals surface area contributed by atoms with Gasteiger partial charge in [-0.25, -0.2) is 0 Å². The van der Waals surface area contributed by atoms with E-state index in [9.17, 15) is 0 Å². The van der Waals surface area contributed by atoms with Crippen LogP contribution in [0.5, 0.6) is 0 Å². The molecule has 0 aliphatic heterocycles. The van der Waals surface area contributed by atoms with Crippen LogP contribution in [0.3, 0.4) is 0 Å². The van der Waals surface area contributed by atoms with Gasteiger partial charge in [-0.2, -0.15) is 4.98 Å². The van der Waals surface area contributed by atoms with E-state index >= 15 is 0 Å². The maximum absolute atomic E-state index is 6.19. The van der Waals surface area contributed by atoms with Gasteiger partial charge in [-0.15, -0.1) is 23.5 Å². The molecule has 0 N–H and O–H groups in total. The number of hydrogen-bond acceptors (Lipinski definition) is 6. The molecule has 0 saturated heterocycles. The highest BCUT2D eigenvalue weighted by molar-refractivity contribution is 7.98. The minimum absolute atomic E-state index is 0.381. The van der Waals surface area contributed by atoms with Crippen LogP contribution < -0.4 is 0 Å². The van der Waals surface area contributed by atoms with Crippen LogP contribution in [0.25, 0.3) is 23.0 Å². The number of thioether (sulfide) groups is 2. The molecular weight excluding hydrogens is 412 g/mol. The van der Waals surface area contributed by atoms with Gasteiger partial charge in [0.2, 0.25) is 5.82 Å². The fraction of sp³-hybridized carbons (Fsp3) is 0.143. The van der Waals surface area contributed by atoms with Gasteiger partial charge in [-0.3, -0.25) is 0 Å². The van der Waals surface area contributed by atoms with E-state index in [1.807, 2.05) is 66.9 Å². The van der Waals surface area contributed by atoms with Crippen LogP contribution in [0.15, 0.2) is 74.5 Å². The van der Waals surface area contributed by atoms with Gasteiger partial charge in [0.15, 0.2) is 5.76 Å². The van der Waals surface area contributed by atoms with Crippen LogP contribution in [0.4, 0.5) is 0 Å². The van der Waals surface area contributed by atoms with Crippen LogP contribution in [-0.4, -0.2) is 16.4 Å². The molecule has 0 amide bonds. The average molecular weight is 429 g/mol. The van der Waals surface area contributed by atoms with Crippen molar-refractivity contribution < 1.29 is 8.94 Å². The average Bonchev–Trinajstić information content (AvgIpc) is 3.39. The van der Waals surface area contributed by atoms with Gasteiger partial charge in [0.05, 0.1) is 5.75 Å². The minimum Gasteiger partial charge on any atom is -0.455 e. The second kappa shape index (κ2) is 8.90. The summed E-state index contributed by atoms with van der Waals surface area (Å²) in [6.45, 7) is 0. The second-order valence-corrected chi connectivity index (χ2v) is 8.27. The molecule has 2 heterocycles. The molecule has 0 fully saturated rings. The molecule has 2 aromatic heterocycles. The van der Waals surface area contributed by atoms with Crippen molar-refractivity contribution in [1.29, 1.82) is 0 Å². The molecule has 7 heteroatoms. The van der Waals surface area contributed by atoms with E-state index in [0.29, 0.717) is 17.5 Å². The molecule has 2 aromatic carbocycles. The fourth-order valence-electron chi connectivity index (χ4n) is 2.63. The number of nitrogens with zero attached hydrogens (tertiary/aromatic N) is 2. The Balaban J connectivity index is 1.40. The summed E-state index contributed by atoms with van der Waals surface area (Å²) >= 11 is 9.63. The summed E-state index contributed by atoms with van der Waals surface area (Å²) in [6, 6.07) is 19.7. The maximum atomic E-state index is 6.19. The molecule has 0 bridgehead atoms. The lowest BCUT2D eigenvalue weighted by Crippen LogP contribution is -1.83. The predicted octanol–water partition coefficient (Wildman–Crippen LogP) is 6.81. The normalized spacial score (nSPS) is 11.1. The molecule has 0 radical (unpaired) electrons. The Bertz CT molecular complexity index is 1060. The third-order valence-electron chi connectivity index (χ3n) is 4.11. The molecule has 0 atom stereocenters. The van der Waals surface area contributed by atoms with Gasteiger partial charge in [0.1, 0.15) is 5.76 Å². The molecule has 0 aliphatic carbocycles. The van der Waals surface area contributed by atoms with Gasteiger partial charge in [-0.05, 0) is 54.3 Å². The van der Waals surface area contributed by atoms with E-state index in [0.717, 1.165) is 33.4 Å². The fourth-order valence-corrected chi connectivity index (χ4v) is 4.25. The van der Waals surface area contributed by atoms with Crippen molar-refractivity contribution in [2.45, 2.75) is 16.4 Å². The molecule has 4 nitrogen and oxygen atoms in total. The Kier molecular flexibility index (Phi) is 6.10. The van der Waals surface area contributed by atoms with Gasteiger partial charge < -0.3 is 8.94 Å². The summed E-state index contributed by atoms with van der Waals surface area (Å²) in [4.78, 5) is 5.65. The summed E-state index contributed by atoms with van der Waals surface area (Å²) in [5.41, 5.74) is 2.03. The summed E-state index contributed by atoms with van der Waals surface area (Å²) < 4.78 is 11.3. The smallest absolute Gasteiger partial charge is 0.293 e. The zero-order valence-corrected chi connectivity index (χ0v) is 17.5. The van der Waals surface area contributed by atoms with E-state index in [4.69, 9.17) is 20.5 Å². The topological polar surface area (TPSA) is 52.1 Å². The number of aromatic nitrogens is 2. The van der Waals surface area contributed by atoms with E-state index in [1.54, 1.807) is 23.5 Å². The second-order valence-electron chi connectivity index (χ2n) is 6.00. The Hall–Kier alpha value is -2.15. The van der Waals surface area contributed by atoms with Crippen LogP contribution >= 0.6 is 35.1 Å². The Labute approximate surface area is 176 Å². The zero-order valence-electron chi connectivity index (χ0n) is 15.1. The van der Waals surface area contributed by atoms with Crippen molar-refractivity contribution in [1.82, 2.24) is 10.1 Å². The van der Waals surface area contributed by atoms with Crippen molar-refractivity contribution in [2.24, 2.45) is 0 Å². The van der Waals surface area contributed by atoms with Crippen LogP contribution in [0, 0.1) is 0 Å². The quantitative estimate of drug-likeness (QED) is 0.301. The minimum atomic E-state index is 0.381. The lowest BCUT2D eigenvalue weighted by molar-refractivity contribution is 0.413. The summed E-state index contributed by atoms with van der Waals surface area (Å²) in [5.74, 6) is 3.93. The molecule has 0 aliphatic rings. The SMILES string of the molecule is CSc1ccc(-c2noc(-c3ccc(CSCc4ccccc4Cl)o3)n2)cc1. The Morgan fingerprint density at radius 2 is 1.79 bits per heavy atom. The molecular formula is C21H17ClN2O2S2. The first-order valence-corrected chi connectivity index (χ1v) is 11.4. The molecule has 0 spiro atoms. The number of rotatable bonds is 7.